The minimum Gasteiger partial charge on any atom is -0.350 e. The number of hydrogen-bond donors (Lipinski definition) is 2. The first-order chi connectivity index (χ1) is 12.8. The summed E-state index contributed by atoms with van der Waals surface area (Å²) in [7, 11) is 0. The Morgan fingerprint density at radius 1 is 1.04 bits per heavy atom. The van der Waals surface area contributed by atoms with Crippen LogP contribution < -0.4 is 10.6 Å². The fourth-order valence-electron chi connectivity index (χ4n) is 3.00. The molecule has 3 aromatic rings. The van der Waals surface area contributed by atoms with Crippen LogP contribution in [0.2, 0.25) is 0 Å². The molecule has 0 bridgehead atoms. The normalized spacial score (nSPS) is 11.0. The van der Waals surface area contributed by atoms with Crippen molar-refractivity contribution < 1.29 is 9.59 Å². The Balaban J connectivity index is 1.95. The third kappa shape index (κ3) is 3.83. The fraction of sp³-hybridized carbons (Fsp3) is 0.300. The van der Waals surface area contributed by atoms with Crippen molar-refractivity contribution >= 4 is 39.1 Å². The summed E-state index contributed by atoms with van der Waals surface area (Å²) in [5.74, 6) is 0.215. The molecule has 0 aliphatic carbocycles. The van der Waals surface area contributed by atoms with Crippen molar-refractivity contribution in [2.75, 3.05) is 5.32 Å². The van der Waals surface area contributed by atoms with Crippen molar-refractivity contribution in [1.29, 1.82) is 0 Å². The first kappa shape index (κ1) is 19.0. The number of nitrogens with one attached hydrogen (secondary N) is 2. The van der Waals surface area contributed by atoms with Gasteiger partial charge in [-0.2, -0.15) is 0 Å². The molecule has 3 rings (SSSR count). The number of para-hydroxylation sites is 1. The number of nitrogens with zero attached hydrogens (tertiary/aromatic N) is 2. The van der Waals surface area contributed by atoms with Crippen LogP contribution in [0.3, 0.4) is 0 Å². The summed E-state index contributed by atoms with van der Waals surface area (Å²) < 4.78 is 0. The van der Waals surface area contributed by atoms with Gasteiger partial charge in [0.15, 0.2) is 0 Å². The van der Waals surface area contributed by atoms with Crippen LogP contribution >= 0.6 is 11.3 Å². The minimum atomic E-state index is -0.252. The lowest BCUT2D eigenvalue weighted by atomic mass is 10.1. The Kier molecular flexibility index (Phi) is 5.23. The van der Waals surface area contributed by atoms with Crippen LogP contribution in [-0.2, 0) is 0 Å². The number of anilines is 1. The highest BCUT2D eigenvalue weighted by Crippen LogP contribution is 2.32. The van der Waals surface area contributed by atoms with Crippen LogP contribution in [0.4, 0.5) is 5.69 Å². The summed E-state index contributed by atoms with van der Waals surface area (Å²) in [6, 6.07) is 7.00. The molecular weight excluding hydrogens is 360 g/mol. The zero-order chi connectivity index (χ0) is 19.7. The van der Waals surface area contributed by atoms with Gasteiger partial charge in [0, 0.05) is 17.1 Å². The number of fused-ring (bicyclic) bond motifs is 1. The van der Waals surface area contributed by atoms with Crippen LogP contribution in [0, 0.1) is 20.8 Å². The van der Waals surface area contributed by atoms with Gasteiger partial charge in [0.25, 0.3) is 11.8 Å². The third-order valence-electron chi connectivity index (χ3n) is 4.13. The summed E-state index contributed by atoms with van der Waals surface area (Å²) in [6.45, 7) is 9.45. The van der Waals surface area contributed by atoms with Gasteiger partial charge >= 0.3 is 0 Å². The van der Waals surface area contributed by atoms with E-state index in [-0.39, 0.29) is 17.9 Å². The van der Waals surface area contributed by atoms with Crippen molar-refractivity contribution in [3.8, 4) is 0 Å². The van der Waals surface area contributed by atoms with E-state index >= 15 is 0 Å². The van der Waals surface area contributed by atoms with Gasteiger partial charge in [-0.3, -0.25) is 9.59 Å². The van der Waals surface area contributed by atoms with Gasteiger partial charge in [-0.25, -0.2) is 9.97 Å². The molecule has 2 heterocycles. The molecule has 0 radical (unpaired) electrons. The van der Waals surface area contributed by atoms with Crippen molar-refractivity contribution in [2.24, 2.45) is 0 Å². The van der Waals surface area contributed by atoms with Gasteiger partial charge in [-0.15, -0.1) is 11.3 Å². The minimum absolute atomic E-state index is 0.0101. The molecule has 0 aliphatic heterocycles. The molecule has 2 aromatic heterocycles. The lowest BCUT2D eigenvalue weighted by molar-refractivity contribution is 0.0944. The molecule has 2 amide bonds. The van der Waals surface area contributed by atoms with E-state index in [1.165, 1.54) is 11.3 Å². The van der Waals surface area contributed by atoms with Crippen LogP contribution in [0.5, 0.6) is 0 Å². The van der Waals surface area contributed by atoms with Gasteiger partial charge in [0.05, 0.1) is 16.1 Å². The quantitative estimate of drug-likeness (QED) is 0.714. The molecule has 0 atom stereocenters. The van der Waals surface area contributed by atoms with E-state index in [9.17, 15) is 9.59 Å². The molecule has 0 saturated carbocycles. The van der Waals surface area contributed by atoms with Crippen LogP contribution in [0.25, 0.3) is 10.2 Å². The Morgan fingerprint density at radius 2 is 1.74 bits per heavy atom. The highest BCUT2D eigenvalue weighted by atomic mass is 32.1. The maximum atomic E-state index is 12.9. The Hall–Kier alpha value is -2.80. The molecule has 0 unspecified atom stereocenters. The molecule has 0 saturated heterocycles. The summed E-state index contributed by atoms with van der Waals surface area (Å²) in [5, 5.41) is 6.65. The summed E-state index contributed by atoms with van der Waals surface area (Å²) in [6.07, 6.45) is 0. The summed E-state index contributed by atoms with van der Waals surface area (Å²) in [4.78, 5) is 35.5. The van der Waals surface area contributed by atoms with Crippen LogP contribution in [0.15, 0.2) is 24.3 Å². The Bertz CT molecular complexity index is 1040. The maximum absolute atomic E-state index is 12.9. The van der Waals surface area contributed by atoms with E-state index in [2.05, 4.69) is 20.6 Å². The molecule has 1 aromatic carbocycles. The number of rotatable bonds is 4. The largest absolute Gasteiger partial charge is 0.350 e. The highest BCUT2D eigenvalue weighted by Gasteiger charge is 2.20. The molecule has 2 N–H and O–H groups in total. The van der Waals surface area contributed by atoms with Crippen molar-refractivity contribution in [1.82, 2.24) is 15.3 Å². The van der Waals surface area contributed by atoms with Crippen molar-refractivity contribution in [3.63, 3.8) is 0 Å². The molecule has 0 fully saturated rings. The SMILES string of the molecule is Cc1nc(C)c2c(C)c(C(=O)Nc3ccccc3C(=O)NC(C)C)sc2n1. The average Bonchev–Trinajstić information content (AvgIpc) is 2.91. The molecule has 6 nitrogen and oxygen atoms in total. The van der Waals surface area contributed by atoms with E-state index in [1.54, 1.807) is 24.3 Å². The van der Waals surface area contributed by atoms with E-state index < -0.39 is 0 Å². The second kappa shape index (κ2) is 7.44. The van der Waals surface area contributed by atoms with Gasteiger partial charge in [0.2, 0.25) is 0 Å². The Morgan fingerprint density at radius 3 is 2.44 bits per heavy atom. The zero-order valence-corrected chi connectivity index (χ0v) is 16.8. The number of carbonyl (C=O) groups is 2. The second-order valence-corrected chi connectivity index (χ2v) is 7.72. The van der Waals surface area contributed by atoms with Gasteiger partial charge < -0.3 is 10.6 Å². The number of thiophene rings is 1. The Labute approximate surface area is 162 Å². The predicted molar refractivity (Wildman–Crippen MR) is 109 cm³/mol. The lowest BCUT2D eigenvalue weighted by Crippen LogP contribution is -2.31. The number of aromatic nitrogens is 2. The second-order valence-electron chi connectivity index (χ2n) is 6.72. The summed E-state index contributed by atoms with van der Waals surface area (Å²) in [5.41, 5.74) is 2.64. The molecule has 7 heteroatoms. The monoisotopic (exact) mass is 382 g/mol. The number of amides is 2. The number of carbonyl (C=O) groups excluding carboxylic acids is 2. The number of aryl methyl sites for hydroxylation is 3. The molecule has 0 spiro atoms. The third-order valence-corrected chi connectivity index (χ3v) is 5.31. The lowest BCUT2D eigenvalue weighted by Gasteiger charge is -2.13. The van der Waals surface area contributed by atoms with Crippen LogP contribution in [-0.4, -0.2) is 27.8 Å². The average molecular weight is 382 g/mol. The highest BCUT2D eigenvalue weighted by molar-refractivity contribution is 7.20. The topological polar surface area (TPSA) is 84.0 Å². The predicted octanol–water partition coefficient (Wildman–Crippen LogP) is 4.01. The fourth-order valence-corrected chi connectivity index (χ4v) is 4.17. The van der Waals surface area contributed by atoms with Crippen molar-refractivity contribution in [3.05, 3.63) is 51.8 Å². The molecular formula is C20H22N4O2S. The molecule has 27 heavy (non-hydrogen) atoms. The van der Waals surface area contributed by atoms with E-state index in [0.29, 0.717) is 22.0 Å². The first-order valence-corrected chi connectivity index (χ1v) is 9.55. The summed E-state index contributed by atoms with van der Waals surface area (Å²) >= 11 is 1.34. The smallest absolute Gasteiger partial charge is 0.266 e. The number of hydrogen-bond acceptors (Lipinski definition) is 5. The first-order valence-electron chi connectivity index (χ1n) is 8.73. The molecule has 140 valence electrons. The van der Waals surface area contributed by atoms with E-state index in [1.807, 2.05) is 34.6 Å². The van der Waals surface area contributed by atoms with E-state index in [0.717, 1.165) is 21.5 Å². The van der Waals surface area contributed by atoms with Gasteiger partial charge in [0.1, 0.15) is 10.7 Å². The van der Waals surface area contributed by atoms with Gasteiger partial charge in [-0.1, -0.05) is 12.1 Å². The zero-order valence-electron chi connectivity index (χ0n) is 16.0. The van der Waals surface area contributed by atoms with Crippen molar-refractivity contribution in [2.45, 2.75) is 40.7 Å². The molecule has 0 aliphatic rings. The standard InChI is InChI=1S/C20H22N4O2S/c1-10(2)21-18(25)14-8-6-7-9-15(14)24-19(26)17-11(3)16-12(4)22-13(5)23-20(16)27-17/h6-10H,1-5H3,(H,21,25)(H,24,26). The van der Waals surface area contributed by atoms with E-state index in [4.69, 9.17) is 0 Å². The number of benzene rings is 1. The maximum Gasteiger partial charge on any atom is 0.266 e. The van der Waals surface area contributed by atoms with Gasteiger partial charge in [-0.05, 0) is 52.3 Å². The van der Waals surface area contributed by atoms with Crippen LogP contribution in [0.1, 0.15) is 51.0 Å².